The van der Waals surface area contributed by atoms with Crippen LogP contribution in [-0.4, -0.2) is 16.1 Å². The first-order valence-electron chi connectivity index (χ1n) is 3.26. The molecule has 0 aliphatic rings. The summed E-state index contributed by atoms with van der Waals surface area (Å²) >= 11 is 3.08. The van der Waals surface area contributed by atoms with Crippen molar-refractivity contribution in [1.29, 1.82) is 0 Å². The predicted octanol–water partition coefficient (Wildman–Crippen LogP) is 1.97. The average Bonchev–Trinajstić information content (AvgIpc) is 2.05. The molecule has 3 heteroatoms. The van der Waals surface area contributed by atoms with Crippen LogP contribution in [0.2, 0.25) is 0 Å². The molecule has 0 N–H and O–H groups in total. The third-order valence-corrected chi connectivity index (χ3v) is 1.83. The van der Waals surface area contributed by atoms with Crippen LogP contribution in [0.5, 0.6) is 0 Å². The third kappa shape index (κ3) is 2.12. The Balaban J connectivity index is 2.90. The highest BCUT2D eigenvalue weighted by molar-refractivity contribution is 9.09. The van der Waals surface area contributed by atoms with Crippen molar-refractivity contribution in [3.8, 4) is 0 Å². The van der Waals surface area contributed by atoms with E-state index in [2.05, 4.69) is 20.9 Å². The Labute approximate surface area is 73.8 Å². The Hall–Kier alpha value is -0.700. The fourth-order valence-electron chi connectivity index (χ4n) is 0.701. The van der Waals surface area contributed by atoms with Crippen molar-refractivity contribution in [2.45, 2.75) is 6.92 Å². The van der Waals surface area contributed by atoms with Gasteiger partial charge in [0, 0.05) is 6.20 Å². The van der Waals surface area contributed by atoms with Crippen molar-refractivity contribution < 1.29 is 4.79 Å². The lowest BCUT2D eigenvalue weighted by atomic mass is 10.2. The van der Waals surface area contributed by atoms with E-state index in [-0.39, 0.29) is 5.78 Å². The number of Topliss-reactive ketones (excluding diaryl/α,β-unsaturated/α-hetero) is 1. The number of nitrogens with zero attached hydrogens (tertiary/aromatic N) is 1. The van der Waals surface area contributed by atoms with Gasteiger partial charge in [-0.1, -0.05) is 22.0 Å². The molecule has 1 aromatic rings. The number of alkyl halides is 1. The Kier molecular flexibility index (Phi) is 2.76. The quantitative estimate of drug-likeness (QED) is 0.556. The molecule has 0 saturated heterocycles. The highest BCUT2D eigenvalue weighted by Gasteiger charge is 2.02. The molecule has 0 saturated carbocycles. The van der Waals surface area contributed by atoms with Gasteiger partial charge in [-0.3, -0.25) is 9.78 Å². The maximum absolute atomic E-state index is 11.0. The smallest absolute Gasteiger partial charge is 0.191 e. The Morgan fingerprint density at radius 3 is 2.82 bits per heavy atom. The van der Waals surface area contributed by atoms with Crippen molar-refractivity contribution in [1.82, 2.24) is 4.98 Å². The Morgan fingerprint density at radius 2 is 2.36 bits per heavy atom. The second kappa shape index (κ2) is 3.62. The van der Waals surface area contributed by atoms with Gasteiger partial charge in [-0.15, -0.1) is 0 Å². The summed E-state index contributed by atoms with van der Waals surface area (Å²) in [7, 11) is 0. The van der Waals surface area contributed by atoms with Gasteiger partial charge in [0.25, 0.3) is 0 Å². The summed E-state index contributed by atoms with van der Waals surface area (Å²) < 4.78 is 0. The minimum Gasteiger partial charge on any atom is -0.291 e. The van der Waals surface area contributed by atoms with Crippen molar-refractivity contribution >= 4 is 21.7 Å². The first-order valence-corrected chi connectivity index (χ1v) is 4.38. The van der Waals surface area contributed by atoms with Crippen LogP contribution in [0, 0.1) is 6.92 Å². The van der Waals surface area contributed by atoms with Gasteiger partial charge in [0.05, 0.1) is 5.33 Å². The van der Waals surface area contributed by atoms with Crippen molar-refractivity contribution in [2.75, 3.05) is 5.33 Å². The van der Waals surface area contributed by atoms with E-state index in [1.54, 1.807) is 12.3 Å². The fraction of sp³-hybridized carbons (Fsp3) is 0.250. The topological polar surface area (TPSA) is 30.0 Å². The first-order chi connectivity index (χ1) is 5.24. The zero-order valence-corrected chi connectivity index (χ0v) is 7.76. The lowest BCUT2D eigenvalue weighted by Gasteiger charge is -1.95. The minimum atomic E-state index is 0.0185. The summed E-state index contributed by atoms with van der Waals surface area (Å²) in [6.45, 7) is 1.94. The van der Waals surface area contributed by atoms with Crippen LogP contribution < -0.4 is 0 Å². The Morgan fingerprint density at radius 1 is 1.64 bits per heavy atom. The number of halogens is 1. The SMILES string of the molecule is Cc1ccc(C(=O)CBr)nc1. The molecular weight excluding hydrogens is 206 g/mol. The molecule has 1 aromatic heterocycles. The zero-order valence-electron chi connectivity index (χ0n) is 6.17. The molecule has 0 spiro atoms. The number of carbonyl (C=O) groups is 1. The summed E-state index contributed by atoms with van der Waals surface area (Å²) in [6, 6.07) is 3.61. The second-order valence-electron chi connectivity index (χ2n) is 2.28. The number of ketones is 1. The normalized spacial score (nSPS) is 9.64. The third-order valence-electron chi connectivity index (χ3n) is 1.32. The summed E-state index contributed by atoms with van der Waals surface area (Å²) in [4.78, 5) is 15.0. The molecule has 0 radical (unpaired) electrons. The van der Waals surface area contributed by atoms with Gasteiger partial charge in [-0.2, -0.15) is 0 Å². The highest BCUT2D eigenvalue weighted by Crippen LogP contribution is 2.00. The van der Waals surface area contributed by atoms with Gasteiger partial charge >= 0.3 is 0 Å². The van der Waals surface area contributed by atoms with Crippen LogP contribution in [0.4, 0.5) is 0 Å². The van der Waals surface area contributed by atoms with Crippen LogP contribution >= 0.6 is 15.9 Å². The summed E-state index contributed by atoms with van der Waals surface area (Å²) in [6.07, 6.45) is 1.69. The average molecular weight is 214 g/mol. The molecule has 2 nitrogen and oxygen atoms in total. The highest BCUT2D eigenvalue weighted by atomic mass is 79.9. The van der Waals surface area contributed by atoms with Crippen molar-refractivity contribution in [3.63, 3.8) is 0 Å². The number of aryl methyl sites for hydroxylation is 1. The summed E-state index contributed by atoms with van der Waals surface area (Å²) in [5.74, 6) is 0.0185. The molecule has 1 rings (SSSR count). The molecule has 0 amide bonds. The number of aromatic nitrogens is 1. The van der Waals surface area contributed by atoms with Crippen LogP contribution in [0.25, 0.3) is 0 Å². The molecular formula is C8H8BrNO. The number of hydrogen-bond acceptors (Lipinski definition) is 2. The van der Waals surface area contributed by atoms with E-state index in [0.717, 1.165) is 5.56 Å². The number of hydrogen-bond donors (Lipinski definition) is 0. The first kappa shape index (κ1) is 8.40. The van der Waals surface area contributed by atoms with Gasteiger partial charge in [-0.25, -0.2) is 0 Å². The van der Waals surface area contributed by atoms with Crippen molar-refractivity contribution in [2.24, 2.45) is 0 Å². The molecule has 0 fully saturated rings. The summed E-state index contributed by atoms with van der Waals surface area (Å²) in [5.41, 5.74) is 1.59. The maximum atomic E-state index is 11.0. The molecule has 11 heavy (non-hydrogen) atoms. The van der Waals surface area contributed by atoms with E-state index in [4.69, 9.17) is 0 Å². The largest absolute Gasteiger partial charge is 0.291 e. The lowest BCUT2D eigenvalue weighted by molar-refractivity contribution is 0.101. The van der Waals surface area contributed by atoms with E-state index < -0.39 is 0 Å². The second-order valence-corrected chi connectivity index (χ2v) is 2.84. The van der Waals surface area contributed by atoms with E-state index in [0.29, 0.717) is 11.0 Å². The fourth-order valence-corrected chi connectivity index (χ4v) is 0.988. The van der Waals surface area contributed by atoms with E-state index in [1.165, 1.54) is 0 Å². The molecule has 0 aromatic carbocycles. The number of pyridine rings is 1. The van der Waals surface area contributed by atoms with E-state index >= 15 is 0 Å². The molecule has 58 valence electrons. The summed E-state index contributed by atoms with van der Waals surface area (Å²) in [5, 5.41) is 0.336. The van der Waals surface area contributed by atoms with E-state index in [1.807, 2.05) is 13.0 Å². The van der Waals surface area contributed by atoms with Gasteiger partial charge < -0.3 is 0 Å². The van der Waals surface area contributed by atoms with Crippen LogP contribution in [0.1, 0.15) is 16.1 Å². The van der Waals surface area contributed by atoms with Crippen LogP contribution in [0.15, 0.2) is 18.3 Å². The standard InChI is InChI=1S/C8H8BrNO/c1-6-2-3-7(10-5-6)8(11)4-9/h2-3,5H,4H2,1H3. The van der Waals surface area contributed by atoms with Crippen LogP contribution in [0.3, 0.4) is 0 Å². The van der Waals surface area contributed by atoms with Gasteiger partial charge in [0.2, 0.25) is 0 Å². The molecule has 0 bridgehead atoms. The molecule has 1 heterocycles. The molecule has 0 aliphatic carbocycles. The molecule has 0 atom stereocenters. The van der Waals surface area contributed by atoms with Gasteiger partial charge in [0.15, 0.2) is 5.78 Å². The molecule has 0 aliphatic heterocycles. The maximum Gasteiger partial charge on any atom is 0.191 e. The Bertz CT molecular complexity index is 255. The van der Waals surface area contributed by atoms with Crippen molar-refractivity contribution in [3.05, 3.63) is 29.6 Å². The monoisotopic (exact) mass is 213 g/mol. The zero-order chi connectivity index (χ0) is 8.27. The molecule has 0 unspecified atom stereocenters. The van der Waals surface area contributed by atoms with E-state index in [9.17, 15) is 4.79 Å². The predicted molar refractivity (Wildman–Crippen MR) is 47.1 cm³/mol. The minimum absolute atomic E-state index is 0.0185. The van der Waals surface area contributed by atoms with Crippen LogP contribution in [-0.2, 0) is 0 Å². The van der Waals surface area contributed by atoms with Gasteiger partial charge in [0.1, 0.15) is 5.69 Å². The van der Waals surface area contributed by atoms with Gasteiger partial charge in [-0.05, 0) is 18.6 Å². The number of carbonyl (C=O) groups excluding carboxylic acids is 1. The number of rotatable bonds is 2. The lowest BCUT2D eigenvalue weighted by Crippen LogP contribution is -2.02.